The highest BCUT2D eigenvalue weighted by molar-refractivity contribution is 6.30. The highest BCUT2D eigenvalue weighted by Gasteiger charge is 2.24. The lowest BCUT2D eigenvalue weighted by Gasteiger charge is -2.19. The Morgan fingerprint density at radius 3 is 2.47 bits per heavy atom. The van der Waals surface area contributed by atoms with Gasteiger partial charge in [-0.2, -0.15) is 0 Å². The predicted octanol–water partition coefficient (Wildman–Crippen LogP) is 3.28. The van der Waals surface area contributed by atoms with Crippen molar-refractivity contribution >= 4 is 35.2 Å². The summed E-state index contributed by atoms with van der Waals surface area (Å²) in [5.74, 6) is -0.373. The third-order valence-electron chi connectivity index (χ3n) is 4.29. The number of halogens is 2. The second-order valence-electron chi connectivity index (χ2n) is 6.61. The first kappa shape index (κ1) is 22.0. The van der Waals surface area contributed by atoms with E-state index in [4.69, 9.17) is 32.8 Å². The van der Waals surface area contributed by atoms with Crippen molar-refractivity contribution in [2.75, 3.05) is 6.54 Å². The number of nitrogens with one attached hydrogen (secondary N) is 3. The van der Waals surface area contributed by atoms with Crippen molar-refractivity contribution in [1.82, 2.24) is 16.1 Å². The lowest BCUT2D eigenvalue weighted by molar-refractivity contribution is -0.123. The minimum absolute atomic E-state index is 0.104. The second kappa shape index (κ2) is 10.9. The van der Waals surface area contributed by atoms with Gasteiger partial charge in [-0.05, 0) is 29.3 Å². The molecule has 0 saturated heterocycles. The maximum Gasteiger partial charge on any atom is 0.408 e. The highest BCUT2D eigenvalue weighted by atomic mass is 35.5. The third-order valence-corrected chi connectivity index (χ3v) is 4.75. The molecule has 1 unspecified atom stereocenters. The molecule has 0 spiro atoms. The van der Waals surface area contributed by atoms with Crippen LogP contribution < -0.4 is 16.1 Å². The Kier molecular flexibility index (Phi) is 7.96. The van der Waals surface area contributed by atoms with Crippen LogP contribution >= 0.6 is 23.2 Å². The van der Waals surface area contributed by atoms with Gasteiger partial charge in [0.2, 0.25) is 5.91 Å². The lowest BCUT2D eigenvalue weighted by atomic mass is 10.1. The molecule has 3 N–H and O–H groups in total. The summed E-state index contributed by atoms with van der Waals surface area (Å²) in [7, 11) is 0. The molecule has 0 saturated carbocycles. The Morgan fingerprint density at radius 1 is 1.07 bits per heavy atom. The molecule has 9 heteroatoms. The van der Waals surface area contributed by atoms with Gasteiger partial charge >= 0.3 is 6.09 Å². The number of hydroxylamine groups is 1. The average Bonchev–Trinajstić information content (AvgIpc) is 3.17. The van der Waals surface area contributed by atoms with Gasteiger partial charge in [-0.1, -0.05) is 65.7 Å². The molecule has 7 nitrogen and oxygen atoms in total. The van der Waals surface area contributed by atoms with E-state index in [0.29, 0.717) is 10.2 Å². The van der Waals surface area contributed by atoms with E-state index in [2.05, 4.69) is 16.1 Å². The van der Waals surface area contributed by atoms with E-state index in [0.717, 1.165) is 11.1 Å². The van der Waals surface area contributed by atoms with Crippen molar-refractivity contribution in [2.24, 2.45) is 0 Å². The van der Waals surface area contributed by atoms with E-state index in [9.17, 15) is 9.59 Å². The number of carbonyl (C=O) groups is 2. The van der Waals surface area contributed by atoms with Crippen molar-refractivity contribution in [3.63, 3.8) is 0 Å². The molecule has 1 aliphatic heterocycles. The number of hydrogen-bond donors (Lipinski definition) is 3. The van der Waals surface area contributed by atoms with Crippen LogP contribution in [0.15, 0.2) is 65.8 Å². The zero-order valence-electron chi connectivity index (χ0n) is 15.9. The molecule has 2 aromatic rings. The molecule has 30 heavy (non-hydrogen) atoms. The topological polar surface area (TPSA) is 88.7 Å². The fourth-order valence-electron chi connectivity index (χ4n) is 2.76. The van der Waals surface area contributed by atoms with E-state index in [-0.39, 0.29) is 25.5 Å². The van der Waals surface area contributed by atoms with Crippen molar-refractivity contribution < 1.29 is 19.2 Å². The number of benzene rings is 2. The number of rotatable bonds is 8. The lowest BCUT2D eigenvalue weighted by Crippen LogP contribution is -2.49. The Labute approximate surface area is 184 Å². The summed E-state index contributed by atoms with van der Waals surface area (Å²) < 4.78 is 5.24. The van der Waals surface area contributed by atoms with Crippen molar-refractivity contribution in [3.05, 3.63) is 82.0 Å². The molecule has 0 aromatic heterocycles. The molecular formula is C21H21Cl2N3O4. The Morgan fingerprint density at radius 2 is 1.80 bits per heavy atom. The van der Waals surface area contributed by atoms with Gasteiger partial charge in [0.05, 0.1) is 6.54 Å². The first-order valence-electron chi connectivity index (χ1n) is 9.28. The normalized spacial score (nSPS) is 16.2. The summed E-state index contributed by atoms with van der Waals surface area (Å²) in [5.41, 5.74) is 4.19. The number of ether oxygens (including phenoxy) is 1. The SMILES string of the molecule is O=C(N[C@@H](Cc1ccc(Cl)cc1)C(=O)NCC1C=C(Cl)NO1)OCc1ccccc1. The van der Waals surface area contributed by atoms with Crippen molar-refractivity contribution in [1.29, 1.82) is 0 Å². The molecule has 2 amide bonds. The first-order chi connectivity index (χ1) is 14.5. The molecule has 158 valence electrons. The minimum atomic E-state index is -0.844. The largest absolute Gasteiger partial charge is 0.445 e. The molecular weight excluding hydrogens is 429 g/mol. The molecule has 0 fully saturated rings. The maximum absolute atomic E-state index is 12.7. The smallest absolute Gasteiger partial charge is 0.408 e. The molecule has 0 radical (unpaired) electrons. The highest BCUT2D eigenvalue weighted by Crippen LogP contribution is 2.12. The zero-order chi connectivity index (χ0) is 21.3. The first-order valence-corrected chi connectivity index (χ1v) is 10.0. The van der Waals surface area contributed by atoms with Gasteiger partial charge in [0.1, 0.15) is 23.9 Å². The van der Waals surface area contributed by atoms with E-state index in [1.807, 2.05) is 30.3 Å². The number of carbonyl (C=O) groups excluding carboxylic acids is 2. The van der Waals surface area contributed by atoms with E-state index >= 15 is 0 Å². The van der Waals surface area contributed by atoms with Gasteiger partial charge in [0.25, 0.3) is 0 Å². The van der Waals surface area contributed by atoms with Crippen LogP contribution in [0.4, 0.5) is 4.79 Å². The fourth-order valence-corrected chi connectivity index (χ4v) is 3.07. The molecule has 3 rings (SSSR count). The summed E-state index contributed by atoms with van der Waals surface area (Å²) in [5, 5.41) is 6.33. The monoisotopic (exact) mass is 449 g/mol. The predicted molar refractivity (Wildman–Crippen MR) is 114 cm³/mol. The summed E-state index contributed by atoms with van der Waals surface area (Å²) in [4.78, 5) is 30.2. The third kappa shape index (κ3) is 6.95. The van der Waals surface area contributed by atoms with Crippen LogP contribution in [-0.2, 0) is 27.4 Å². The van der Waals surface area contributed by atoms with Crippen LogP contribution in [0, 0.1) is 0 Å². The van der Waals surface area contributed by atoms with Gasteiger partial charge in [0, 0.05) is 11.4 Å². The van der Waals surface area contributed by atoms with E-state index < -0.39 is 18.2 Å². The Bertz CT molecular complexity index is 891. The van der Waals surface area contributed by atoms with Gasteiger partial charge in [-0.15, -0.1) is 0 Å². The van der Waals surface area contributed by atoms with Crippen LogP contribution in [0.5, 0.6) is 0 Å². The summed E-state index contributed by atoms with van der Waals surface area (Å²) >= 11 is 11.7. The molecule has 0 aliphatic carbocycles. The van der Waals surface area contributed by atoms with E-state index in [1.165, 1.54) is 0 Å². The summed E-state index contributed by atoms with van der Waals surface area (Å²) in [6.07, 6.45) is 0.818. The zero-order valence-corrected chi connectivity index (χ0v) is 17.5. The second-order valence-corrected chi connectivity index (χ2v) is 7.45. The van der Waals surface area contributed by atoms with Crippen LogP contribution in [0.2, 0.25) is 5.02 Å². The number of alkyl carbamates (subject to hydrolysis) is 1. The Balaban J connectivity index is 1.59. The van der Waals surface area contributed by atoms with Crippen LogP contribution in [0.1, 0.15) is 11.1 Å². The van der Waals surface area contributed by atoms with Gasteiger partial charge in [-0.3, -0.25) is 15.1 Å². The summed E-state index contributed by atoms with van der Waals surface area (Å²) in [6, 6.07) is 15.5. The average molecular weight is 450 g/mol. The number of amides is 2. The van der Waals surface area contributed by atoms with Crippen LogP contribution in [-0.4, -0.2) is 30.7 Å². The Hall–Kier alpha value is -2.74. The molecule has 0 bridgehead atoms. The van der Waals surface area contributed by atoms with Gasteiger partial charge < -0.3 is 15.4 Å². The van der Waals surface area contributed by atoms with Crippen LogP contribution in [0.25, 0.3) is 0 Å². The standard InChI is InChI=1S/C21H21Cl2N3O4/c22-16-8-6-14(7-9-16)10-18(20(27)24-12-17-11-19(23)26-30-17)25-21(28)29-13-15-4-2-1-3-5-15/h1-9,11,17-18,26H,10,12-13H2,(H,24,27)(H,25,28)/t17?,18-/m0/s1. The fraction of sp³-hybridized carbons (Fsp3) is 0.238. The number of hydrogen-bond acceptors (Lipinski definition) is 5. The molecule has 1 heterocycles. The summed E-state index contributed by atoms with van der Waals surface area (Å²) in [6.45, 7) is 0.298. The quantitative estimate of drug-likeness (QED) is 0.538. The molecule has 2 aromatic carbocycles. The van der Waals surface area contributed by atoms with E-state index in [1.54, 1.807) is 30.3 Å². The molecule has 2 atom stereocenters. The molecule has 1 aliphatic rings. The maximum atomic E-state index is 12.7. The van der Waals surface area contributed by atoms with Crippen molar-refractivity contribution in [3.8, 4) is 0 Å². The minimum Gasteiger partial charge on any atom is -0.445 e. The van der Waals surface area contributed by atoms with Gasteiger partial charge in [0.15, 0.2) is 0 Å². The van der Waals surface area contributed by atoms with Gasteiger partial charge in [-0.25, -0.2) is 4.79 Å². The van der Waals surface area contributed by atoms with Crippen LogP contribution in [0.3, 0.4) is 0 Å². The van der Waals surface area contributed by atoms with Crippen molar-refractivity contribution in [2.45, 2.75) is 25.2 Å².